The maximum atomic E-state index is 13.0. The molecular formula is C29H37NO8S3. The molecule has 2 aliphatic rings. The summed E-state index contributed by atoms with van der Waals surface area (Å²) in [5.41, 5.74) is 2.00. The van der Waals surface area contributed by atoms with Crippen molar-refractivity contribution in [2.45, 2.75) is 44.6 Å². The van der Waals surface area contributed by atoms with Gasteiger partial charge in [0.05, 0.1) is 30.7 Å². The first-order valence-electron chi connectivity index (χ1n) is 13.3. The van der Waals surface area contributed by atoms with Gasteiger partial charge in [0.2, 0.25) is 0 Å². The second-order valence-corrected chi connectivity index (χ2v) is 13.0. The molecule has 0 saturated carbocycles. The first-order chi connectivity index (χ1) is 19.6. The molecule has 2 heterocycles. The molecule has 0 aromatic heterocycles. The third-order valence-electron chi connectivity index (χ3n) is 5.86. The molecule has 1 aromatic rings. The van der Waals surface area contributed by atoms with Crippen LogP contribution < -0.4 is 9.64 Å². The number of esters is 3. The zero-order valence-corrected chi connectivity index (χ0v) is 26.3. The molecule has 0 radical (unpaired) electrons. The Hall–Kier alpha value is -2.57. The first kappa shape index (κ1) is 32.9. The average molecular weight is 624 g/mol. The van der Waals surface area contributed by atoms with Crippen molar-refractivity contribution in [3.05, 3.63) is 41.0 Å². The average Bonchev–Trinajstić information content (AvgIpc) is 3.24. The van der Waals surface area contributed by atoms with Gasteiger partial charge in [-0.2, -0.15) is 23.5 Å². The summed E-state index contributed by atoms with van der Waals surface area (Å²) in [5, 5.41) is 0.501. The quantitative estimate of drug-likeness (QED) is 0.0602. The smallest absolute Gasteiger partial charge is 0.344 e. The molecule has 3 rings (SSSR count). The zero-order chi connectivity index (χ0) is 29.9. The van der Waals surface area contributed by atoms with Crippen molar-refractivity contribution in [3.8, 4) is 5.75 Å². The van der Waals surface area contributed by atoms with Gasteiger partial charge in [0.15, 0.2) is 5.78 Å². The second kappa shape index (κ2) is 16.2. The molecule has 12 heteroatoms. The third-order valence-corrected chi connectivity index (χ3v) is 9.46. The van der Waals surface area contributed by atoms with Gasteiger partial charge in [-0.1, -0.05) is 37.8 Å². The fraction of sp³-hybridized carbons (Fsp3) is 0.517. The molecule has 9 nitrogen and oxygen atoms in total. The van der Waals surface area contributed by atoms with Gasteiger partial charge >= 0.3 is 17.9 Å². The first-order valence-corrected chi connectivity index (χ1v) is 16.4. The van der Waals surface area contributed by atoms with Crippen molar-refractivity contribution in [1.82, 2.24) is 0 Å². The highest BCUT2D eigenvalue weighted by Crippen LogP contribution is 2.49. The molecule has 2 aliphatic heterocycles. The Bertz CT molecular complexity index is 1170. The van der Waals surface area contributed by atoms with Crippen molar-refractivity contribution in [1.29, 1.82) is 0 Å². The Labute approximate surface area is 254 Å². The third kappa shape index (κ3) is 10.0. The van der Waals surface area contributed by atoms with Gasteiger partial charge in [-0.3, -0.25) is 14.4 Å². The van der Waals surface area contributed by atoms with E-state index >= 15 is 0 Å². The maximum Gasteiger partial charge on any atom is 0.344 e. The molecular weight excluding hydrogens is 587 g/mol. The van der Waals surface area contributed by atoms with E-state index in [2.05, 4.69) is 20.4 Å². The Kier molecular flexibility index (Phi) is 13.0. The van der Waals surface area contributed by atoms with Crippen LogP contribution in [0.4, 0.5) is 5.69 Å². The summed E-state index contributed by atoms with van der Waals surface area (Å²) < 4.78 is 21.3. The number of nitrogens with zero attached hydrogens (tertiary/aromatic N) is 1. The number of Topliss-reactive ketones (excluding diaryl/α,β-unsaturated/α-hetero) is 1. The number of ether oxygens (including phenoxy) is 4. The molecule has 0 atom stereocenters. The van der Waals surface area contributed by atoms with Crippen LogP contribution in [0.25, 0.3) is 0 Å². The van der Waals surface area contributed by atoms with Gasteiger partial charge in [0, 0.05) is 34.5 Å². The number of carbonyl (C=O) groups is 4. The topological polar surface area (TPSA) is 108 Å². The lowest BCUT2D eigenvalue weighted by Crippen LogP contribution is -2.28. The molecule has 1 aromatic carbocycles. The number of ketones is 1. The van der Waals surface area contributed by atoms with Gasteiger partial charge in [0.25, 0.3) is 0 Å². The minimum absolute atomic E-state index is 0.0604. The summed E-state index contributed by atoms with van der Waals surface area (Å²) in [7, 11) is 1.58. The Morgan fingerprint density at radius 1 is 1.02 bits per heavy atom. The van der Waals surface area contributed by atoms with Crippen LogP contribution in [0, 0.1) is 5.92 Å². The van der Waals surface area contributed by atoms with E-state index in [0.29, 0.717) is 28.8 Å². The van der Waals surface area contributed by atoms with Gasteiger partial charge in [-0.15, -0.1) is 0 Å². The molecule has 0 amide bonds. The predicted octanol–water partition coefficient (Wildman–Crippen LogP) is 4.88. The van der Waals surface area contributed by atoms with Crippen molar-refractivity contribution < 1.29 is 38.1 Å². The Morgan fingerprint density at radius 3 is 2.32 bits per heavy atom. The summed E-state index contributed by atoms with van der Waals surface area (Å²) in [4.78, 5) is 52.8. The monoisotopic (exact) mass is 623 g/mol. The number of fused-ring (bicyclic) bond motifs is 1. The number of rotatable bonds is 12. The van der Waals surface area contributed by atoms with E-state index < -0.39 is 23.7 Å². The van der Waals surface area contributed by atoms with Crippen LogP contribution >= 0.6 is 35.3 Å². The minimum atomic E-state index is -0.785. The lowest BCUT2D eigenvalue weighted by molar-refractivity contribution is -0.154. The van der Waals surface area contributed by atoms with E-state index in [4.69, 9.17) is 18.9 Å². The molecule has 1 saturated heterocycles. The predicted molar refractivity (Wildman–Crippen MR) is 164 cm³/mol. The molecule has 0 unspecified atom stereocenters. The molecule has 0 N–H and O–H groups in total. The molecule has 0 bridgehead atoms. The summed E-state index contributed by atoms with van der Waals surface area (Å²) in [5.74, 6) is 1.76. The van der Waals surface area contributed by atoms with E-state index in [0.717, 1.165) is 22.1 Å². The van der Waals surface area contributed by atoms with Gasteiger partial charge in [-0.25, -0.2) is 4.79 Å². The normalized spacial score (nSPS) is 16.9. The standard InChI is InChI=1S/C29H37NO8S3/c1-18(2)13-30-23-7-6-21(35-5)12-24(23)41-28(30)27(20(4)31)29(34)37-11-10-36-25(32)8-9-26(33)38-22-16-39-14-19(3)15-40-17-22/h6-7,12,18,22H,3,8-11,13-17H2,1-2,4-5H3. The Morgan fingerprint density at radius 2 is 1.68 bits per heavy atom. The SMILES string of the molecule is C=C1CSCC(OC(=O)CCC(=O)OCCOC(=O)C(C(C)=O)=C2Sc3cc(OC)ccc3N2CC(C)C)CSC1. The highest BCUT2D eigenvalue weighted by atomic mass is 32.2. The van der Waals surface area contributed by atoms with Crippen molar-refractivity contribution in [2.24, 2.45) is 5.92 Å². The largest absolute Gasteiger partial charge is 0.497 e. The van der Waals surface area contributed by atoms with Crippen LogP contribution in [0.15, 0.2) is 45.8 Å². The fourth-order valence-corrected chi connectivity index (χ4v) is 7.49. The number of thioether (sulfide) groups is 3. The van der Waals surface area contributed by atoms with E-state index in [9.17, 15) is 19.2 Å². The van der Waals surface area contributed by atoms with Gasteiger partial charge in [0.1, 0.15) is 30.6 Å². The van der Waals surface area contributed by atoms with E-state index in [1.54, 1.807) is 30.6 Å². The number of benzene rings is 1. The number of hydrogen-bond acceptors (Lipinski definition) is 12. The van der Waals surface area contributed by atoms with Gasteiger partial charge in [-0.05, 0) is 31.0 Å². The van der Waals surface area contributed by atoms with E-state index in [-0.39, 0.29) is 43.7 Å². The highest BCUT2D eigenvalue weighted by Gasteiger charge is 2.33. The summed E-state index contributed by atoms with van der Waals surface area (Å²) in [6.45, 7) is 9.61. The lowest BCUT2D eigenvalue weighted by atomic mass is 10.1. The summed E-state index contributed by atoms with van der Waals surface area (Å²) in [6, 6.07) is 5.61. The second-order valence-electron chi connectivity index (χ2n) is 9.93. The highest BCUT2D eigenvalue weighted by molar-refractivity contribution is 8.03. The fourth-order valence-electron chi connectivity index (χ4n) is 4.02. The molecule has 0 aliphatic carbocycles. The summed E-state index contributed by atoms with van der Waals surface area (Å²) in [6.07, 6.45) is -0.427. The summed E-state index contributed by atoms with van der Waals surface area (Å²) >= 11 is 4.68. The van der Waals surface area contributed by atoms with Crippen LogP contribution in [-0.4, -0.2) is 79.7 Å². The van der Waals surface area contributed by atoms with Crippen LogP contribution in [-0.2, 0) is 33.4 Å². The zero-order valence-electron chi connectivity index (χ0n) is 23.9. The van der Waals surface area contributed by atoms with Crippen LogP contribution in [0.3, 0.4) is 0 Å². The van der Waals surface area contributed by atoms with Crippen LogP contribution in [0.2, 0.25) is 0 Å². The molecule has 1 fully saturated rings. The van der Waals surface area contributed by atoms with Crippen molar-refractivity contribution >= 4 is 64.7 Å². The van der Waals surface area contributed by atoms with E-state index in [1.807, 2.05) is 23.1 Å². The number of hydrogen-bond donors (Lipinski definition) is 0. The van der Waals surface area contributed by atoms with Crippen molar-refractivity contribution in [3.63, 3.8) is 0 Å². The molecule has 0 spiro atoms. The number of methoxy groups -OCH3 is 1. The van der Waals surface area contributed by atoms with Crippen LogP contribution in [0.1, 0.15) is 33.6 Å². The molecule has 224 valence electrons. The minimum Gasteiger partial charge on any atom is -0.497 e. The van der Waals surface area contributed by atoms with Crippen LogP contribution in [0.5, 0.6) is 5.75 Å². The van der Waals surface area contributed by atoms with Crippen molar-refractivity contribution in [2.75, 3.05) is 54.8 Å². The Balaban J connectivity index is 1.49. The number of anilines is 1. The maximum absolute atomic E-state index is 13.0. The lowest BCUT2D eigenvalue weighted by Gasteiger charge is -2.24. The number of carbonyl (C=O) groups excluding carboxylic acids is 4. The van der Waals surface area contributed by atoms with Gasteiger partial charge < -0.3 is 23.8 Å². The van der Waals surface area contributed by atoms with E-state index in [1.165, 1.54) is 24.3 Å². The molecule has 41 heavy (non-hydrogen) atoms.